The summed E-state index contributed by atoms with van der Waals surface area (Å²) < 4.78 is 29.7. The van der Waals surface area contributed by atoms with E-state index >= 15 is 0 Å². The van der Waals surface area contributed by atoms with E-state index in [1.54, 1.807) is 0 Å². The molecule has 0 radical (unpaired) electrons. The summed E-state index contributed by atoms with van der Waals surface area (Å²) in [5.74, 6) is 2.33. The van der Waals surface area contributed by atoms with Gasteiger partial charge in [-0.1, -0.05) is 24.2 Å². The fourth-order valence-corrected chi connectivity index (χ4v) is 5.48. The van der Waals surface area contributed by atoms with Crippen LogP contribution in [-0.4, -0.2) is 41.8 Å². The van der Waals surface area contributed by atoms with Gasteiger partial charge in [0, 0.05) is 30.3 Å². The summed E-state index contributed by atoms with van der Waals surface area (Å²) in [6.07, 6.45) is 7.70. The number of carbonyl (C=O) groups excluding carboxylic acids is 1. The van der Waals surface area contributed by atoms with Gasteiger partial charge in [0.05, 0.1) is 5.69 Å². The zero-order chi connectivity index (χ0) is 19.5. The van der Waals surface area contributed by atoms with Crippen LogP contribution < -0.4 is 4.74 Å². The highest BCUT2D eigenvalue weighted by Gasteiger charge is 2.32. The minimum Gasteiger partial charge on any atom is -0.464 e. The lowest BCUT2D eigenvalue weighted by Gasteiger charge is -2.31. The molecule has 28 heavy (non-hydrogen) atoms. The first kappa shape index (κ1) is 20.2. The minimum atomic E-state index is -2.46. The van der Waals surface area contributed by atoms with Gasteiger partial charge in [0.15, 0.2) is 6.61 Å². The fourth-order valence-electron chi connectivity index (χ4n) is 4.56. The average molecular weight is 413 g/mol. The van der Waals surface area contributed by atoms with Crippen molar-refractivity contribution in [1.29, 1.82) is 0 Å². The Labute approximate surface area is 169 Å². The number of nitrogens with zero attached hydrogens (tertiary/aromatic N) is 2. The van der Waals surface area contributed by atoms with Crippen LogP contribution >= 0.6 is 11.3 Å². The lowest BCUT2D eigenvalue weighted by atomic mass is 9.78. The first-order chi connectivity index (χ1) is 13.6. The molecule has 2 saturated carbocycles. The number of carbonyl (C=O) groups is 1. The number of ketones is 1. The van der Waals surface area contributed by atoms with Crippen molar-refractivity contribution in [1.82, 2.24) is 9.88 Å². The molecule has 4 rings (SSSR count). The molecule has 0 bridgehead atoms. The van der Waals surface area contributed by atoms with Crippen molar-refractivity contribution in [2.75, 3.05) is 19.7 Å². The van der Waals surface area contributed by atoms with E-state index in [1.165, 1.54) is 48.3 Å². The molecule has 3 aliphatic rings. The highest BCUT2D eigenvalue weighted by atomic mass is 32.1. The van der Waals surface area contributed by atoms with Crippen molar-refractivity contribution < 1.29 is 18.3 Å². The van der Waals surface area contributed by atoms with E-state index in [1.807, 2.05) is 0 Å². The van der Waals surface area contributed by atoms with Crippen molar-refractivity contribution in [3.05, 3.63) is 10.6 Å². The molecule has 1 aliphatic heterocycles. The molecule has 1 aromatic heterocycles. The van der Waals surface area contributed by atoms with Gasteiger partial charge in [0.25, 0.3) is 11.6 Å². The number of thiazole rings is 1. The maximum Gasteiger partial charge on any atom is 0.273 e. The maximum absolute atomic E-state index is 12.3. The second kappa shape index (κ2) is 9.16. The number of hydrogen-bond acceptors (Lipinski definition) is 5. The molecule has 0 unspecified atom stereocenters. The summed E-state index contributed by atoms with van der Waals surface area (Å²) in [4.78, 5) is 20.0. The number of Topliss-reactive ketones (excluding diaryl/α,β-unsaturated/α-hetero) is 1. The Balaban J connectivity index is 1.17. The normalized spacial score (nSPS) is 25.7. The number of alkyl halides is 2. The monoisotopic (exact) mass is 412 g/mol. The molecule has 2 aliphatic carbocycles. The number of rotatable bonds is 9. The summed E-state index contributed by atoms with van der Waals surface area (Å²) in [7, 11) is 0. The topological polar surface area (TPSA) is 42.4 Å². The third-order valence-electron chi connectivity index (χ3n) is 6.46. The van der Waals surface area contributed by atoms with Gasteiger partial charge in [-0.2, -0.15) is 0 Å². The molecular weight excluding hydrogens is 382 g/mol. The van der Waals surface area contributed by atoms with Crippen molar-refractivity contribution in [2.45, 2.75) is 70.8 Å². The van der Waals surface area contributed by atoms with Gasteiger partial charge in [0.1, 0.15) is 5.78 Å². The fraction of sp³-hybridized carbons (Fsp3) is 0.810. The van der Waals surface area contributed by atoms with Gasteiger partial charge in [-0.3, -0.25) is 9.69 Å². The standard InChI is InChI=1S/C21H30F2N2O2S/c22-20(23)13-27-21-24-17-12-25(10-8-19(17)28-21)9-7-14-1-3-15(4-2-14)11-18(26)16-5-6-16/h14-16,20H,1-13H2. The highest BCUT2D eigenvalue weighted by molar-refractivity contribution is 7.13. The van der Waals surface area contributed by atoms with Crippen molar-refractivity contribution in [3.8, 4) is 5.19 Å². The minimum absolute atomic E-state index is 0.381. The van der Waals surface area contributed by atoms with Crippen molar-refractivity contribution >= 4 is 17.1 Å². The van der Waals surface area contributed by atoms with Crippen LogP contribution in [0.25, 0.3) is 0 Å². The Morgan fingerprint density at radius 3 is 2.64 bits per heavy atom. The Morgan fingerprint density at radius 1 is 1.18 bits per heavy atom. The summed E-state index contributed by atoms with van der Waals surface area (Å²) in [6.45, 7) is 2.30. The smallest absolute Gasteiger partial charge is 0.273 e. The predicted octanol–water partition coefficient (Wildman–Crippen LogP) is 4.71. The number of aromatic nitrogens is 1. The van der Waals surface area contributed by atoms with E-state index in [4.69, 9.17) is 4.74 Å². The molecule has 0 N–H and O–H groups in total. The van der Waals surface area contributed by atoms with E-state index in [-0.39, 0.29) is 0 Å². The van der Waals surface area contributed by atoms with E-state index in [9.17, 15) is 13.6 Å². The van der Waals surface area contributed by atoms with Crippen molar-refractivity contribution in [2.24, 2.45) is 17.8 Å². The molecule has 1 aromatic rings. The quantitative estimate of drug-likeness (QED) is 0.589. The first-order valence-electron chi connectivity index (χ1n) is 10.7. The van der Waals surface area contributed by atoms with E-state index < -0.39 is 13.0 Å². The molecule has 0 aromatic carbocycles. The van der Waals surface area contributed by atoms with Crippen LogP contribution in [0.3, 0.4) is 0 Å². The Hall–Kier alpha value is -1.08. The third kappa shape index (κ3) is 5.50. The second-order valence-electron chi connectivity index (χ2n) is 8.70. The van der Waals surface area contributed by atoms with Gasteiger partial charge in [0.2, 0.25) is 0 Å². The lowest BCUT2D eigenvalue weighted by molar-refractivity contribution is -0.121. The molecule has 7 heteroatoms. The number of fused-ring (bicyclic) bond motifs is 1. The summed E-state index contributed by atoms with van der Waals surface area (Å²) in [6, 6.07) is 0. The van der Waals surface area contributed by atoms with Crippen LogP contribution in [0.2, 0.25) is 0 Å². The molecule has 0 saturated heterocycles. The molecule has 0 amide bonds. The number of halogens is 2. The highest BCUT2D eigenvalue weighted by Crippen LogP contribution is 2.37. The summed E-state index contributed by atoms with van der Waals surface area (Å²) in [5.41, 5.74) is 1.00. The van der Waals surface area contributed by atoms with Gasteiger partial charge < -0.3 is 4.74 Å². The zero-order valence-corrected chi connectivity index (χ0v) is 17.2. The molecule has 0 spiro atoms. The molecular formula is C21H30F2N2O2S. The Morgan fingerprint density at radius 2 is 1.93 bits per heavy atom. The molecule has 2 fully saturated rings. The van der Waals surface area contributed by atoms with Gasteiger partial charge >= 0.3 is 0 Å². The number of ether oxygens (including phenoxy) is 1. The van der Waals surface area contributed by atoms with Gasteiger partial charge in [-0.15, -0.1) is 0 Å². The molecule has 4 nitrogen and oxygen atoms in total. The second-order valence-corrected chi connectivity index (χ2v) is 9.74. The lowest BCUT2D eigenvalue weighted by Crippen LogP contribution is -2.32. The first-order valence-corrected chi connectivity index (χ1v) is 11.5. The maximum atomic E-state index is 12.3. The molecule has 2 heterocycles. The molecule has 0 atom stereocenters. The third-order valence-corrected chi connectivity index (χ3v) is 7.53. The average Bonchev–Trinajstić information content (AvgIpc) is 3.46. The SMILES string of the molecule is O=C(CC1CCC(CCN2CCc3sc(OCC(F)F)nc3C2)CC1)C1CC1. The summed E-state index contributed by atoms with van der Waals surface area (Å²) >= 11 is 1.42. The van der Waals surface area contributed by atoms with Crippen LogP contribution in [0.15, 0.2) is 0 Å². The van der Waals surface area contributed by atoms with Gasteiger partial charge in [-0.05, 0) is 56.9 Å². The van der Waals surface area contributed by atoms with Gasteiger partial charge in [-0.25, -0.2) is 13.8 Å². The van der Waals surface area contributed by atoms with Crippen LogP contribution in [0.1, 0.15) is 61.9 Å². The van der Waals surface area contributed by atoms with Crippen LogP contribution in [0.5, 0.6) is 5.19 Å². The van der Waals surface area contributed by atoms with E-state index in [0.29, 0.717) is 22.8 Å². The van der Waals surface area contributed by atoms with E-state index in [2.05, 4.69) is 9.88 Å². The van der Waals surface area contributed by atoms with E-state index in [0.717, 1.165) is 56.9 Å². The zero-order valence-electron chi connectivity index (χ0n) is 16.4. The summed E-state index contributed by atoms with van der Waals surface area (Å²) in [5, 5.41) is 0.381. The Kier molecular flexibility index (Phi) is 6.61. The number of hydrogen-bond donors (Lipinski definition) is 0. The Bertz CT molecular complexity index is 669. The predicted molar refractivity (Wildman–Crippen MR) is 105 cm³/mol. The van der Waals surface area contributed by atoms with Crippen molar-refractivity contribution in [3.63, 3.8) is 0 Å². The van der Waals surface area contributed by atoms with Crippen LogP contribution in [-0.2, 0) is 17.8 Å². The van der Waals surface area contributed by atoms with Crippen LogP contribution in [0.4, 0.5) is 8.78 Å². The largest absolute Gasteiger partial charge is 0.464 e. The van der Waals surface area contributed by atoms with Crippen LogP contribution in [0, 0.1) is 17.8 Å². The molecule has 156 valence electrons.